The highest BCUT2D eigenvalue weighted by Crippen LogP contribution is 2.27. The number of methoxy groups -OCH3 is 1. The van der Waals surface area contributed by atoms with Crippen molar-refractivity contribution in [1.82, 2.24) is 0 Å². The van der Waals surface area contributed by atoms with Crippen LogP contribution in [0, 0.1) is 12.3 Å². The van der Waals surface area contributed by atoms with Gasteiger partial charge >= 0.3 is 5.97 Å². The predicted molar refractivity (Wildman–Crippen MR) is 69.1 cm³/mol. The lowest BCUT2D eigenvalue weighted by molar-refractivity contribution is 0.0603. The van der Waals surface area contributed by atoms with Crippen LogP contribution in [0.4, 0.5) is 0 Å². The van der Waals surface area contributed by atoms with Gasteiger partial charge in [0.25, 0.3) is 0 Å². The molecule has 1 N–H and O–H groups in total. The number of terminal acetylenes is 1. The number of rotatable bonds is 2. The first-order valence-corrected chi connectivity index (χ1v) is 5.43. The van der Waals surface area contributed by atoms with Gasteiger partial charge in [0, 0.05) is 5.56 Å². The number of ether oxygens (including phenoxy) is 1. The Bertz CT molecular complexity index is 638. The van der Waals surface area contributed by atoms with Crippen molar-refractivity contribution in [1.29, 1.82) is 0 Å². The second-order valence-corrected chi connectivity index (χ2v) is 3.81. The number of hydrogen-bond acceptors (Lipinski definition) is 3. The molecule has 2 aromatic rings. The summed E-state index contributed by atoms with van der Waals surface area (Å²) < 4.78 is 4.73. The molecule has 0 amide bonds. The standard InChI is InChI=1S/C15H12O3/c1-3-14(16)12-8-9-13(15(17)18-2)11-7-5-4-6-10(11)12/h1,4-9,14,16H,2H3. The van der Waals surface area contributed by atoms with Gasteiger partial charge in [-0.1, -0.05) is 36.3 Å². The maximum atomic E-state index is 11.7. The molecule has 2 rings (SSSR count). The maximum absolute atomic E-state index is 11.7. The van der Waals surface area contributed by atoms with Gasteiger partial charge in [0.1, 0.15) is 6.10 Å². The Hall–Kier alpha value is -2.31. The van der Waals surface area contributed by atoms with Gasteiger partial charge in [-0.15, -0.1) is 6.42 Å². The highest BCUT2D eigenvalue weighted by molar-refractivity contribution is 6.05. The van der Waals surface area contributed by atoms with Crippen molar-refractivity contribution >= 4 is 16.7 Å². The summed E-state index contributed by atoms with van der Waals surface area (Å²) in [5, 5.41) is 11.2. The molecule has 2 aromatic carbocycles. The number of esters is 1. The van der Waals surface area contributed by atoms with Crippen molar-refractivity contribution in [3.63, 3.8) is 0 Å². The number of benzene rings is 2. The lowest BCUT2D eigenvalue weighted by atomic mass is 9.97. The molecule has 3 heteroatoms. The number of hydrogen-bond donors (Lipinski definition) is 1. The average Bonchev–Trinajstić information content (AvgIpc) is 2.44. The van der Waals surface area contributed by atoms with E-state index in [0.29, 0.717) is 11.1 Å². The number of fused-ring (bicyclic) bond motifs is 1. The number of carbonyl (C=O) groups excluding carboxylic acids is 1. The molecule has 0 saturated carbocycles. The van der Waals surface area contributed by atoms with Crippen LogP contribution in [0.3, 0.4) is 0 Å². The van der Waals surface area contributed by atoms with Crippen molar-refractivity contribution in [3.8, 4) is 12.3 Å². The van der Waals surface area contributed by atoms with Gasteiger partial charge in [0.15, 0.2) is 0 Å². The molecule has 1 unspecified atom stereocenters. The van der Waals surface area contributed by atoms with E-state index < -0.39 is 12.1 Å². The number of carbonyl (C=O) groups is 1. The van der Waals surface area contributed by atoms with Crippen molar-refractivity contribution in [2.75, 3.05) is 7.11 Å². The number of aliphatic hydroxyl groups is 1. The molecule has 0 fully saturated rings. The van der Waals surface area contributed by atoms with E-state index in [9.17, 15) is 9.90 Å². The lowest BCUT2D eigenvalue weighted by Gasteiger charge is -2.11. The van der Waals surface area contributed by atoms with E-state index >= 15 is 0 Å². The van der Waals surface area contributed by atoms with E-state index in [1.54, 1.807) is 18.2 Å². The second kappa shape index (κ2) is 4.91. The van der Waals surface area contributed by atoms with E-state index in [1.807, 2.05) is 18.2 Å². The van der Waals surface area contributed by atoms with Crippen LogP contribution in [0.2, 0.25) is 0 Å². The topological polar surface area (TPSA) is 46.5 Å². The van der Waals surface area contributed by atoms with Gasteiger partial charge in [-0.25, -0.2) is 4.79 Å². The molecule has 0 aliphatic heterocycles. The fraction of sp³-hybridized carbons (Fsp3) is 0.133. The normalized spacial score (nSPS) is 11.8. The molecular weight excluding hydrogens is 228 g/mol. The molecule has 0 spiro atoms. The van der Waals surface area contributed by atoms with E-state index in [-0.39, 0.29) is 0 Å². The summed E-state index contributed by atoms with van der Waals surface area (Å²) in [4.78, 5) is 11.7. The summed E-state index contributed by atoms with van der Waals surface area (Å²) in [6.45, 7) is 0. The SMILES string of the molecule is C#CC(O)c1ccc(C(=O)OC)c2ccccc12. The van der Waals surface area contributed by atoms with Crippen LogP contribution in [0.5, 0.6) is 0 Å². The molecule has 90 valence electrons. The molecule has 0 aliphatic rings. The quantitative estimate of drug-likeness (QED) is 0.647. The van der Waals surface area contributed by atoms with Gasteiger partial charge < -0.3 is 9.84 Å². The third-order valence-electron chi connectivity index (χ3n) is 2.82. The highest BCUT2D eigenvalue weighted by atomic mass is 16.5. The monoisotopic (exact) mass is 240 g/mol. The molecule has 3 nitrogen and oxygen atoms in total. The third-order valence-corrected chi connectivity index (χ3v) is 2.82. The van der Waals surface area contributed by atoms with Crippen LogP contribution in [0.1, 0.15) is 22.0 Å². The summed E-state index contributed by atoms with van der Waals surface area (Å²) in [5.74, 6) is 1.87. The summed E-state index contributed by atoms with van der Waals surface area (Å²) in [5.41, 5.74) is 1.07. The first-order chi connectivity index (χ1) is 8.69. The minimum Gasteiger partial charge on any atom is -0.465 e. The van der Waals surface area contributed by atoms with Crippen molar-refractivity contribution in [2.45, 2.75) is 6.10 Å². The van der Waals surface area contributed by atoms with Gasteiger partial charge in [0.2, 0.25) is 0 Å². The van der Waals surface area contributed by atoms with Gasteiger partial charge in [-0.3, -0.25) is 0 Å². The molecule has 0 aliphatic carbocycles. The molecule has 1 atom stereocenters. The van der Waals surface area contributed by atoms with Crippen LogP contribution in [-0.4, -0.2) is 18.2 Å². The van der Waals surface area contributed by atoms with Crippen LogP contribution in [0.15, 0.2) is 36.4 Å². The minimum atomic E-state index is -0.985. The van der Waals surface area contributed by atoms with Crippen molar-refractivity contribution < 1.29 is 14.6 Å². The molecule has 0 heterocycles. The van der Waals surface area contributed by atoms with Crippen LogP contribution < -0.4 is 0 Å². The Morgan fingerprint density at radius 2 is 1.94 bits per heavy atom. The zero-order valence-electron chi connectivity index (χ0n) is 9.88. The van der Waals surface area contributed by atoms with E-state index in [0.717, 1.165) is 10.8 Å². The number of aliphatic hydroxyl groups excluding tert-OH is 1. The Kier molecular flexibility index (Phi) is 3.31. The minimum absolute atomic E-state index is 0.409. The van der Waals surface area contributed by atoms with Crippen LogP contribution in [0.25, 0.3) is 10.8 Å². The first-order valence-electron chi connectivity index (χ1n) is 5.43. The van der Waals surface area contributed by atoms with Crippen molar-refractivity contribution in [2.24, 2.45) is 0 Å². The molecule has 0 aromatic heterocycles. The average molecular weight is 240 g/mol. The Balaban J connectivity index is 2.75. The smallest absolute Gasteiger partial charge is 0.338 e. The van der Waals surface area contributed by atoms with Crippen LogP contribution >= 0.6 is 0 Å². The Morgan fingerprint density at radius 1 is 1.28 bits per heavy atom. The second-order valence-electron chi connectivity index (χ2n) is 3.81. The zero-order chi connectivity index (χ0) is 13.1. The fourth-order valence-electron chi connectivity index (χ4n) is 1.94. The summed E-state index contributed by atoms with van der Waals surface area (Å²) in [6, 6.07) is 10.5. The van der Waals surface area contributed by atoms with E-state index in [1.165, 1.54) is 7.11 Å². The maximum Gasteiger partial charge on any atom is 0.338 e. The zero-order valence-corrected chi connectivity index (χ0v) is 9.88. The molecular formula is C15H12O3. The van der Waals surface area contributed by atoms with Gasteiger partial charge in [-0.2, -0.15) is 0 Å². The summed E-state index contributed by atoms with van der Waals surface area (Å²) >= 11 is 0. The lowest BCUT2D eigenvalue weighted by Crippen LogP contribution is -2.04. The molecule has 18 heavy (non-hydrogen) atoms. The summed E-state index contributed by atoms with van der Waals surface area (Å²) in [7, 11) is 1.33. The van der Waals surface area contributed by atoms with E-state index in [4.69, 9.17) is 11.2 Å². The highest BCUT2D eigenvalue weighted by Gasteiger charge is 2.15. The Morgan fingerprint density at radius 3 is 2.56 bits per heavy atom. The first kappa shape index (κ1) is 12.2. The van der Waals surface area contributed by atoms with Gasteiger partial charge in [0.05, 0.1) is 12.7 Å². The van der Waals surface area contributed by atoms with Crippen molar-refractivity contribution in [3.05, 3.63) is 47.5 Å². The molecule has 0 saturated heterocycles. The largest absolute Gasteiger partial charge is 0.465 e. The fourth-order valence-corrected chi connectivity index (χ4v) is 1.94. The predicted octanol–water partition coefficient (Wildman–Crippen LogP) is 2.29. The van der Waals surface area contributed by atoms with Gasteiger partial charge in [-0.05, 0) is 16.8 Å². The summed E-state index contributed by atoms with van der Waals surface area (Å²) in [6.07, 6.45) is 4.24. The van der Waals surface area contributed by atoms with Crippen LogP contribution in [-0.2, 0) is 4.74 Å². The molecule has 0 radical (unpaired) electrons. The third kappa shape index (κ3) is 1.94. The van der Waals surface area contributed by atoms with E-state index in [2.05, 4.69) is 5.92 Å². The Labute approximate surface area is 105 Å². The molecule has 0 bridgehead atoms.